The van der Waals surface area contributed by atoms with Gasteiger partial charge in [-0.25, -0.2) is 22.6 Å². The largest absolute Gasteiger partial charge is 0.462 e. The number of halogens is 1. The van der Waals surface area contributed by atoms with Crippen LogP contribution in [-0.4, -0.2) is 67.3 Å². The van der Waals surface area contributed by atoms with Gasteiger partial charge >= 0.3 is 5.97 Å². The number of benzene rings is 1. The van der Waals surface area contributed by atoms with Crippen LogP contribution in [0, 0.1) is 12.7 Å². The number of hydrogen-bond acceptors (Lipinski definition) is 6. The molecule has 1 aliphatic rings. The van der Waals surface area contributed by atoms with E-state index >= 15 is 0 Å². The lowest BCUT2D eigenvalue weighted by Crippen LogP contribution is -2.37. The smallest absolute Gasteiger partial charge is 0.339 e. The zero-order valence-corrected chi connectivity index (χ0v) is 18.2. The normalized spacial score (nSPS) is 15.4. The third-order valence-electron chi connectivity index (χ3n) is 4.99. The Bertz CT molecular complexity index is 1070. The number of pyridine rings is 1. The van der Waals surface area contributed by atoms with Gasteiger partial charge in [0.15, 0.2) is 0 Å². The van der Waals surface area contributed by atoms with Crippen molar-refractivity contribution in [2.75, 3.05) is 32.8 Å². The topological polar surface area (TPSA) is 96.9 Å². The van der Waals surface area contributed by atoms with E-state index in [-0.39, 0.29) is 42.7 Å². The Morgan fingerprint density at radius 3 is 2.42 bits per heavy atom. The SMILES string of the molecule is CCOC(=O)c1ccc(C(=O)N2CCCN(S(=O)(=O)c3ccc(F)cc3)CC2)nc1C. The number of aryl methyl sites for hydroxylation is 1. The average Bonchev–Trinajstić information content (AvgIpc) is 3.00. The van der Waals surface area contributed by atoms with E-state index < -0.39 is 21.8 Å². The summed E-state index contributed by atoms with van der Waals surface area (Å²) in [5.74, 6) is -1.34. The summed E-state index contributed by atoms with van der Waals surface area (Å²) in [5.41, 5.74) is 0.867. The monoisotopic (exact) mass is 449 g/mol. The van der Waals surface area contributed by atoms with E-state index in [9.17, 15) is 22.4 Å². The Morgan fingerprint density at radius 1 is 1.06 bits per heavy atom. The predicted molar refractivity (Wildman–Crippen MR) is 111 cm³/mol. The molecular formula is C21H24FN3O5S. The highest BCUT2D eigenvalue weighted by molar-refractivity contribution is 7.89. The maximum absolute atomic E-state index is 13.1. The number of carbonyl (C=O) groups is 2. The Morgan fingerprint density at radius 2 is 1.77 bits per heavy atom. The molecule has 2 heterocycles. The molecule has 10 heteroatoms. The Hall–Kier alpha value is -2.85. The second-order valence-corrected chi connectivity index (χ2v) is 8.99. The molecule has 1 aromatic heterocycles. The maximum atomic E-state index is 13.1. The minimum Gasteiger partial charge on any atom is -0.462 e. The summed E-state index contributed by atoms with van der Waals surface area (Å²) < 4.78 is 45.1. The molecule has 0 spiro atoms. The molecule has 8 nitrogen and oxygen atoms in total. The Labute approximate surface area is 180 Å². The minimum absolute atomic E-state index is 0.0144. The number of nitrogens with zero attached hydrogens (tertiary/aromatic N) is 3. The summed E-state index contributed by atoms with van der Waals surface area (Å²) in [6, 6.07) is 7.66. The van der Waals surface area contributed by atoms with E-state index in [4.69, 9.17) is 4.74 Å². The van der Waals surface area contributed by atoms with Crippen LogP contribution in [0.4, 0.5) is 4.39 Å². The first-order valence-electron chi connectivity index (χ1n) is 9.93. The molecular weight excluding hydrogens is 425 g/mol. The molecule has 0 aliphatic carbocycles. The van der Waals surface area contributed by atoms with Crippen LogP contribution in [0.25, 0.3) is 0 Å². The van der Waals surface area contributed by atoms with Crippen molar-refractivity contribution < 1.29 is 27.1 Å². The van der Waals surface area contributed by atoms with Gasteiger partial charge in [-0.15, -0.1) is 0 Å². The van der Waals surface area contributed by atoms with Crippen molar-refractivity contribution in [3.63, 3.8) is 0 Å². The van der Waals surface area contributed by atoms with Crippen molar-refractivity contribution in [3.05, 3.63) is 59.2 Å². The fraction of sp³-hybridized carbons (Fsp3) is 0.381. The highest BCUT2D eigenvalue weighted by Crippen LogP contribution is 2.19. The van der Waals surface area contributed by atoms with Gasteiger partial charge in [0.1, 0.15) is 11.5 Å². The zero-order valence-electron chi connectivity index (χ0n) is 17.4. The van der Waals surface area contributed by atoms with E-state index in [2.05, 4.69) is 4.98 Å². The summed E-state index contributed by atoms with van der Waals surface area (Å²) in [4.78, 5) is 30.6. The number of hydrogen-bond donors (Lipinski definition) is 0. The lowest BCUT2D eigenvalue weighted by molar-refractivity contribution is 0.0524. The van der Waals surface area contributed by atoms with Crippen LogP contribution < -0.4 is 0 Å². The van der Waals surface area contributed by atoms with Gasteiger partial charge in [-0.3, -0.25) is 4.79 Å². The molecule has 31 heavy (non-hydrogen) atoms. The van der Waals surface area contributed by atoms with Gasteiger partial charge in [-0.2, -0.15) is 4.31 Å². The zero-order chi connectivity index (χ0) is 22.6. The molecule has 0 N–H and O–H groups in total. The quantitative estimate of drug-likeness (QED) is 0.650. The summed E-state index contributed by atoms with van der Waals surface area (Å²) in [6.07, 6.45) is 0.450. The summed E-state index contributed by atoms with van der Waals surface area (Å²) >= 11 is 0. The third kappa shape index (κ3) is 5.08. The van der Waals surface area contributed by atoms with E-state index in [0.717, 1.165) is 12.1 Å². The van der Waals surface area contributed by atoms with E-state index in [0.29, 0.717) is 24.2 Å². The first kappa shape index (κ1) is 22.8. The van der Waals surface area contributed by atoms with Crippen LogP contribution in [0.5, 0.6) is 0 Å². The second-order valence-electron chi connectivity index (χ2n) is 7.05. The highest BCUT2D eigenvalue weighted by Gasteiger charge is 2.29. The highest BCUT2D eigenvalue weighted by atomic mass is 32.2. The van der Waals surface area contributed by atoms with Crippen molar-refractivity contribution >= 4 is 21.9 Å². The van der Waals surface area contributed by atoms with Crippen molar-refractivity contribution in [1.29, 1.82) is 0 Å². The van der Waals surface area contributed by atoms with Crippen molar-refractivity contribution in [1.82, 2.24) is 14.2 Å². The van der Waals surface area contributed by atoms with Gasteiger partial charge in [-0.1, -0.05) is 0 Å². The van der Waals surface area contributed by atoms with Crippen LogP contribution in [0.3, 0.4) is 0 Å². The Balaban J connectivity index is 1.72. The van der Waals surface area contributed by atoms with Gasteiger partial charge < -0.3 is 9.64 Å². The minimum atomic E-state index is -3.78. The van der Waals surface area contributed by atoms with Crippen LogP contribution in [0.2, 0.25) is 0 Å². The lowest BCUT2D eigenvalue weighted by Gasteiger charge is -2.22. The van der Waals surface area contributed by atoms with Gasteiger partial charge in [0.05, 0.1) is 22.8 Å². The predicted octanol–water partition coefficient (Wildman–Crippen LogP) is 2.24. The Kier molecular flexibility index (Phi) is 7.01. The van der Waals surface area contributed by atoms with Crippen molar-refractivity contribution in [3.8, 4) is 0 Å². The molecule has 0 unspecified atom stereocenters. The molecule has 166 valence electrons. The average molecular weight is 450 g/mol. The molecule has 1 fully saturated rings. The van der Waals surface area contributed by atoms with Crippen molar-refractivity contribution in [2.45, 2.75) is 25.2 Å². The molecule has 0 saturated carbocycles. The number of ether oxygens (including phenoxy) is 1. The summed E-state index contributed by atoms with van der Waals surface area (Å²) in [5, 5.41) is 0. The van der Waals surface area contributed by atoms with E-state index in [1.807, 2.05) is 0 Å². The molecule has 2 aromatic rings. The molecule has 1 aliphatic heterocycles. The van der Waals surface area contributed by atoms with Crippen LogP contribution in [0.1, 0.15) is 39.9 Å². The number of aromatic nitrogens is 1. The molecule has 1 saturated heterocycles. The maximum Gasteiger partial charge on any atom is 0.339 e. The van der Waals surface area contributed by atoms with Crippen molar-refractivity contribution in [2.24, 2.45) is 0 Å². The third-order valence-corrected chi connectivity index (χ3v) is 6.91. The number of rotatable bonds is 5. The van der Waals surface area contributed by atoms with Gasteiger partial charge in [0.2, 0.25) is 10.0 Å². The van der Waals surface area contributed by atoms with E-state index in [1.165, 1.54) is 28.6 Å². The molecule has 1 amide bonds. The first-order chi connectivity index (χ1) is 14.7. The number of sulfonamides is 1. The van der Waals surface area contributed by atoms with E-state index in [1.54, 1.807) is 18.7 Å². The number of amides is 1. The molecule has 0 atom stereocenters. The standard InChI is InChI=1S/C21H24FN3O5S/c1-3-30-21(27)18-9-10-19(23-15(18)2)20(26)24-11-4-12-25(14-13-24)31(28,29)17-7-5-16(22)6-8-17/h5-10H,3-4,11-14H2,1-2H3. The molecule has 0 radical (unpaired) electrons. The summed E-state index contributed by atoms with van der Waals surface area (Å²) in [7, 11) is -3.78. The second kappa shape index (κ2) is 9.52. The molecule has 0 bridgehead atoms. The van der Waals surface area contributed by atoms with Gasteiger partial charge in [-0.05, 0) is 56.7 Å². The number of carbonyl (C=O) groups excluding carboxylic acids is 2. The van der Waals surface area contributed by atoms with Crippen LogP contribution >= 0.6 is 0 Å². The van der Waals surface area contributed by atoms with Gasteiger partial charge in [0.25, 0.3) is 5.91 Å². The summed E-state index contributed by atoms with van der Waals surface area (Å²) in [6.45, 7) is 4.50. The fourth-order valence-corrected chi connectivity index (χ4v) is 4.83. The van der Waals surface area contributed by atoms with Crippen LogP contribution in [-0.2, 0) is 14.8 Å². The molecule has 3 rings (SSSR count). The van der Waals surface area contributed by atoms with Crippen LogP contribution in [0.15, 0.2) is 41.3 Å². The number of esters is 1. The first-order valence-corrected chi connectivity index (χ1v) is 11.4. The van der Waals surface area contributed by atoms with Gasteiger partial charge in [0, 0.05) is 26.2 Å². The molecule has 1 aromatic carbocycles. The fourth-order valence-electron chi connectivity index (χ4n) is 3.36. The lowest BCUT2D eigenvalue weighted by atomic mass is 10.1.